The van der Waals surface area contributed by atoms with E-state index >= 15 is 0 Å². The van der Waals surface area contributed by atoms with Crippen LogP contribution in [0.4, 0.5) is 0 Å². The first-order valence-corrected chi connectivity index (χ1v) is 7.40. The maximum Gasteiger partial charge on any atom is 0.114 e. The Morgan fingerprint density at radius 3 is 2.11 bits per heavy atom. The van der Waals surface area contributed by atoms with Crippen molar-refractivity contribution in [2.24, 2.45) is 5.73 Å². The van der Waals surface area contributed by atoms with Crippen LogP contribution in [0.3, 0.4) is 0 Å². The summed E-state index contributed by atoms with van der Waals surface area (Å²) in [5, 5.41) is 0.999. The quantitative estimate of drug-likeness (QED) is 0.895. The first-order valence-electron chi connectivity index (χ1n) is 6.59. The molecule has 2 aromatic rings. The molecule has 0 saturated heterocycles. The van der Waals surface area contributed by atoms with Crippen LogP contribution in [-0.2, 0) is 5.41 Å². The van der Waals surface area contributed by atoms with Crippen molar-refractivity contribution < 1.29 is 0 Å². The summed E-state index contributed by atoms with van der Waals surface area (Å²) in [4.78, 5) is 5.80. The van der Waals surface area contributed by atoms with Crippen LogP contribution in [0, 0.1) is 13.8 Å². The number of hydrogen-bond donors (Lipinski definition) is 1. The molecule has 0 spiro atoms. The first kappa shape index (κ1) is 14.2. The summed E-state index contributed by atoms with van der Waals surface area (Å²) in [6.45, 7) is 10.8. The molecule has 1 aromatic heterocycles. The third-order valence-electron chi connectivity index (χ3n) is 3.45. The molecule has 0 fully saturated rings. The number of nitrogens with two attached hydrogens (primary N) is 1. The lowest BCUT2D eigenvalue weighted by Gasteiger charge is -2.20. The number of thiazole rings is 1. The standard InChI is InChI=1S/C16H22N2S/c1-10-11(2)19-15(18-10)14(17)12-6-8-13(9-7-12)16(3,4)5/h6-9,14H,17H2,1-5H3. The van der Waals surface area contributed by atoms with Crippen LogP contribution in [0.2, 0.25) is 0 Å². The van der Waals surface area contributed by atoms with Gasteiger partial charge in [-0.25, -0.2) is 4.98 Å². The second-order valence-corrected chi connectivity index (χ2v) is 7.28. The minimum Gasteiger partial charge on any atom is -0.318 e. The number of nitrogens with zero attached hydrogens (tertiary/aromatic N) is 1. The van der Waals surface area contributed by atoms with Crippen molar-refractivity contribution in [1.82, 2.24) is 4.98 Å². The summed E-state index contributed by atoms with van der Waals surface area (Å²) in [7, 11) is 0. The molecular weight excluding hydrogens is 252 g/mol. The van der Waals surface area contributed by atoms with Crippen LogP contribution in [0.5, 0.6) is 0 Å². The van der Waals surface area contributed by atoms with Gasteiger partial charge in [0.2, 0.25) is 0 Å². The highest BCUT2D eigenvalue weighted by molar-refractivity contribution is 7.11. The fraction of sp³-hybridized carbons (Fsp3) is 0.438. The molecule has 1 unspecified atom stereocenters. The van der Waals surface area contributed by atoms with Crippen LogP contribution in [0.15, 0.2) is 24.3 Å². The van der Waals surface area contributed by atoms with Crippen molar-refractivity contribution in [2.75, 3.05) is 0 Å². The topological polar surface area (TPSA) is 38.9 Å². The number of hydrogen-bond acceptors (Lipinski definition) is 3. The first-order chi connectivity index (χ1) is 8.79. The van der Waals surface area contributed by atoms with Gasteiger partial charge in [0.1, 0.15) is 5.01 Å². The van der Waals surface area contributed by atoms with E-state index in [0.717, 1.165) is 16.3 Å². The average Bonchev–Trinajstić information content (AvgIpc) is 2.68. The van der Waals surface area contributed by atoms with Gasteiger partial charge in [0.25, 0.3) is 0 Å². The fourth-order valence-corrected chi connectivity index (χ4v) is 2.92. The van der Waals surface area contributed by atoms with Crippen molar-refractivity contribution >= 4 is 11.3 Å². The van der Waals surface area contributed by atoms with Gasteiger partial charge in [-0.15, -0.1) is 11.3 Å². The van der Waals surface area contributed by atoms with E-state index in [1.54, 1.807) is 11.3 Å². The lowest BCUT2D eigenvalue weighted by molar-refractivity contribution is 0.589. The van der Waals surface area contributed by atoms with Gasteiger partial charge >= 0.3 is 0 Å². The van der Waals surface area contributed by atoms with E-state index < -0.39 is 0 Å². The molecule has 2 nitrogen and oxygen atoms in total. The third kappa shape index (κ3) is 3.04. The Kier molecular flexibility index (Phi) is 3.79. The van der Waals surface area contributed by atoms with Gasteiger partial charge in [0, 0.05) is 4.88 Å². The highest BCUT2D eigenvalue weighted by Gasteiger charge is 2.17. The third-order valence-corrected chi connectivity index (χ3v) is 4.60. The molecule has 0 saturated carbocycles. The molecule has 102 valence electrons. The van der Waals surface area contributed by atoms with Gasteiger partial charge < -0.3 is 5.73 Å². The Hall–Kier alpha value is -1.19. The Morgan fingerprint density at radius 2 is 1.68 bits per heavy atom. The molecular formula is C16H22N2S. The molecule has 2 rings (SSSR count). The van der Waals surface area contributed by atoms with Crippen LogP contribution < -0.4 is 5.73 Å². The largest absolute Gasteiger partial charge is 0.318 e. The van der Waals surface area contributed by atoms with E-state index in [1.807, 2.05) is 6.92 Å². The van der Waals surface area contributed by atoms with Gasteiger partial charge in [0.15, 0.2) is 0 Å². The van der Waals surface area contributed by atoms with Crippen LogP contribution in [0.25, 0.3) is 0 Å². The number of benzene rings is 1. The number of aromatic nitrogens is 1. The highest BCUT2D eigenvalue weighted by atomic mass is 32.1. The van der Waals surface area contributed by atoms with Gasteiger partial charge in [-0.1, -0.05) is 45.0 Å². The van der Waals surface area contributed by atoms with Gasteiger partial charge in [0.05, 0.1) is 11.7 Å². The van der Waals surface area contributed by atoms with Crippen LogP contribution in [0.1, 0.15) is 53.5 Å². The molecule has 1 heterocycles. The maximum absolute atomic E-state index is 6.31. The van der Waals surface area contributed by atoms with Crippen molar-refractivity contribution in [2.45, 2.75) is 46.1 Å². The Balaban J connectivity index is 2.27. The Labute approximate surface area is 119 Å². The second kappa shape index (κ2) is 5.06. The molecule has 0 amide bonds. The Bertz CT molecular complexity index is 542. The SMILES string of the molecule is Cc1nc(C(N)c2ccc(C(C)(C)C)cc2)sc1C. The van der Waals surface area contributed by atoms with E-state index in [-0.39, 0.29) is 11.5 Å². The van der Waals surface area contributed by atoms with Crippen molar-refractivity contribution in [3.63, 3.8) is 0 Å². The van der Waals surface area contributed by atoms with Crippen molar-refractivity contribution in [3.05, 3.63) is 51.0 Å². The van der Waals surface area contributed by atoms with Gasteiger partial charge in [-0.3, -0.25) is 0 Å². The molecule has 0 aliphatic rings. The summed E-state index contributed by atoms with van der Waals surface area (Å²) in [6, 6.07) is 8.46. The lowest BCUT2D eigenvalue weighted by Crippen LogP contribution is -2.14. The molecule has 1 atom stereocenters. The minimum atomic E-state index is -0.119. The molecule has 0 bridgehead atoms. The van der Waals surface area contributed by atoms with Gasteiger partial charge in [-0.05, 0) is 30.4 Å². The maximum atomic E-state index is 6.31. The monoisotopic (exact) mass is 274 g/mol. The normalized spacial score (nSPS) is 13.6. The lowest BCUT2D eigenvalue weighted by atomic mass is 9.86. The molecule has 1 aromatic carbocycles. The zero-order valence-electron chi connectivity index (χ0n) is 12.3. The average molecular weight is 274 g/mol. The Morgan fingerprint density at radius 1 is 1.11 bits per heavy atom. The fourth-order valence-electron chi connectivity index (χ4n) is 1.96. The molecule has 3 heteroatoms. The van der Waals surface area contributed by atoms with Gasteiger partial charge in [-0.2, -0.15) is 0 Å². The predicted molar refractivity (Wildman–Crippen MR) is 82.8 cm³/mol. The van der Waals surface area contributed by atoms with Crippen LogP contribution in [-0.4, -0.2) is 4.98 Å². The van der Waals surface area contributed by atoms with Crippen molar-refractivity contribution in [3.8, 4) is 0 Å². The van der Waals surface area contributed by atoms with E-state index in [0.29, 0.717) is 0 Å². The van der Waals surface area contributed by atoms with E-state index in [9.17, 15) is 0 Å². The molecule has 0 aliphatic carbocycles. The van der Waals surface area contributed by atoms with Crippen molar-refractivity contribution in [1.29, 1.82) is 0 Å². The zero-order chi connectivity index (χ0) is 14.2. The minimum absolute atomic E-state index is 0.119. The number of aryl methyl sites for hydroxylation is 2. The predicted octanol–water partition coefficient (Wildman–Crippen LogP) is 4.11. The highest BCUT2D eigenvalue weighted by Crippen LogP contribution is 2.28. The summed E-state index contributed by atoms with van der Waals surface area (Å²) in [5.41, 5.74) is 10.0. The summed E-state index contributed by atoms with van der Waals surface area (Å²) < 4.78 is 0. The second-order valence-electron chi connectivity index (χ2n) is 6.04. The van der Waals surface area contributed by atoms with Crippen LogP contribution >= 0.6 is 11.3 Å². The smallest absolute Gasteiger partial charge is 0.114 e. The molecule has 0 aliphatic heterocycles. The zero-order valence-corrected chi connectivity index (χ0v) is 13.1. The van der Waals surface area contributed by atoms with E-state index in [4.69, 9.17) is 5.73 Å². The molecule has 19 heavy (non-hydrogen) atoms. The summed E-state index contributed by atoms with van der Waals surface area (Å²) >= 11 is 1.69. The molecule has 2 N–H and O–H groups in total. The molecule has 0 radical (unpaired) electrons. The van der Waals surface area contributed by atoms with E-state index in [1.165, 1.54) is 10.4 Å². The number of rotatable bonds is 2. The van der Waals surface area contributed by atoms with E-state index in [2.05, 4.69) is 56.9 Å². The summed E-state index contributed by atoms with van der Waals surface area (Å²) in [6.07, 6.45) is 0. The summed E-state index contributed by atoms with van der Waals surface area (Å²) in [5.74, 6) is 0.